The molecule has 1 atom stereocenters. The van der Waals surface area contributed by atoms with Gasteiger partial charge in [-0.1, -0.05) is 18.2 Å². The number of rotatable bonds is 5. The molecule has 8 heteroatoms. The molecule has 2 aromatic rings. The molecular formula is C19H17NO7. The number of carboxylic acid groups (broad SMARTS) is 1. The van der Waals surface area contributed by atoms with E-state index in [4.69, 9.17) is 9.84 Å². The number of ether oxygens (including phenoxy) is 2. The van der Waals surface area contributed by atoms with Gasteiger partial charge in [-0.05, 0) is 31.5 Å². The summed E-state index contributed by atoms with van der Waals surface area (Å²) in [5.74, 6) is -2.58. The summed E-state index contributed by atoms with van der Waals surface area (Å²) in [7, 11) is 0. The molecule has 8 nitrogen and oxygen atoms in total. The minimum Gasteiger partial charge on any atom is -0.462 e. The van der Waals surface area contributed by atoms with Gasteiger partial charge in [0.25, 0.3) is 0 Å². The summed E-state index contributed by atoms with van der Waals surface area (Å²) in [6.07, 6.45) is -1.33. The van der Waals surface area contributed by atoms with E-state index in [2.05, 4.69) is 4.74 Å². The van der Waals surface area contributed by atoms with Crippen molar-refractivity contribution in [1.82, 2.24) is 4.57 Å². The standard InChI is InChI=1S/C19H17NO7/c1-2-26-17(22)12-6-4-3-5-11(12)16(21)15-8-7-14-13(9-10-20(14)15)18(23)27-19(24)25/h3-8,13H,2,9-10H2,1H3,(H,24,25). The molecule has 1 aromatic heterocycles. The molecule has 0 radical (unpaired) electrons. The molecule has 0 amide bonds. The lowest BCUT2D eigenvalue weighted by Gasteiger charge is -2.10. The maximum absolute atomic E-state index is 13.0. The predicted molar refractivity (Wildman–Crippen MR) is 91.7 cm³/mol. The first-order chi connectivity index (χ1) is 12.9. The molecule has 0 fully saturated rings. The molecule has 2 heterocycles. The second-order valence-corrected chi connectivity index (χ2v) is 5.92. The molecule has 1 aliphatic heterocycles. The highest BCUT2D eigenvalue weighted by Gasteiger charge is 2.34. The Morgan fingerprint density at radius 1 is 1.11 bits per heavy atom. The van der Waals surface area contributed by atoms with Gasteiger partial charge in [-0.25, -0.2) is 9.59 Å². The third kappa shape index (κ3) is 3.46. The van der Waals surface area contributed by atoms with Gasteiger partial charge in [-0.15, -0.1) is 0 Å². The van der Waals surface area contributed by atoms with E-state index in [1.54, 1.807) is 41.8 Å². The molecule has 1 N–H and O–H groups in total. The Hall–Kier alpha value is -3.42. The van der Waals surface area contributed by atoms with Crippen molar-refractivity contribution in [2.24, 2.45) is 0 Å². The van der Waals surface area contributed by atoms with Crippen LogP contribution < -0.4 is 0 Å². The molecular weight excluding hydrogens is 354 g/mol. The Labute approximate surface area is 154 Å². The summed E-state index contributed by atoms with van der Waals surface area (Å²) in [6.45, 7) is 2.23. The quantitative estimate of drug-likeness (QED) is 0.488. The van der Waals surface area contributed by atoms with E-state index < -0.39 is 24.0 Å². The molecule has 0 bridgehead atoms. The van der Waals surface area contributed by atoms with Crippen LogP contribution in [-0.2, 0) is 20.8 Å². The second kappa shape index (κ2) is 7.45. The van der Waals surface area contributed by atoms with Crippen LogP contribution >= 0.6 is 0 Å². The molecule has 0 aliphatic carbocycles. The van der Waals surface area contributed by atoms with Gasteiger partial charge in [0.15, 0.2) is 0 Å². The van der Waals surface area contributed by atoms with Crippen LogP contribution in [-0.4, -0.2) is 40.2 Å². The highest BCUT2D eigenvalue weighted by Crippen LogP contribution is 2.32. The number of esters is 2. The number of hydrogen-bond donors (Lipinski definition) is 1. The molecule has 0 saturated heterocycles. The van der Waals surface area contributed by atoms with Crippen molar-refractivity contribution in [3.63, 3.8) is 0 Å². The van der Waals surface area contributed by atoms with Gasteiger partial charge < -0.3 is 19.1 Å². The number of aromatic nitrogens is 1. The number of nitrogens with zero attached hydrogens (tertiary/aromatic N) is 1. The number of benzene rings is 1. The van der Waals surface area contributed by atoms with Crippen LogP contribution in [0, 0.1) is 0 Å². The molecule has 140 valence electrons. The van der Waals surface area contributed by atoms with Crippen molar-refractivity contribution >= 4 is 23.9 Å². The van der Waals surface area contributed by atoms with E-state index >= 15 is 0 Å². The zero-order valence-electron chi connectivity index (χ0n) is 14.5. The van der Waals surface area contributed by atoms with Crippen molar-refractivity contribution < 1.29 is 33.8 Å². The fourth-order valence-corrected chi connectivity index (χ4v) is 3.24. The monoisotopic (exact) mass is 371 g/mol. The predicted octanol–water partition coefficient (Wildman–Crippen LogP) is 2.60. The summed E-state index contributed by atoms with van der Waals surface area (Å²) >= 11 is 0. The van der Waals surface area contributed by atoms with Crippen LogP contribution in [0.1, 0.15) is 51.4 Å². The fourth-order valence-electron chi connectivity index (χ4n) is 3.24. The van der Waals surface area contributed by atoms with Crippen molar-refractivity contribution in [2.75, 3.05) is 6.61 Å². The van der Waals surface area contributed by atoms with Gasteiger partial charge in [-0.2, -0.15) is 0 Å². The van der Waals surface area contributed by atoms with Crippen molar-refractivity contribution in [2.45, 2.75) is 25.8 Å². The lowest BCUT2D eigenvalue weighted by molar-refractivity contribution is -0.140. The average Bonchev–Trinajstić information content (AvgIpc) is 3.22. The van der Waals surface area contributed by atoms with Crippen LogP contribution in [0.4, 0.5) is 4.79 Å². The Balaban J connectivity index is 1.92. The maximum Gasteiger partial charge on any atom is 0.513 e. The number of hydrogen-bond acceptors (Lipinski definition) is 6. The molecule has 1 aliphatic rings. The Bertz CT molecular complexity index is 928. The van der Waals surface area contributed by atoms with E-state index in [0.717, 1.165) is 0 Å². The normalized spacial score (nSPS) is 15.1. The average molecular weight is 371 g/mol. The van der Waals surface area contributed by atoms with Gasteiger partial charge in [0, 0.05) is 17.8 Å². The van der Waals surface area contributed by atoms with Crippen LogP contribution in [0.3, 0.4) is 0 Å². The van der Waals surface area contributed by atoms with Crippen LogP contribution in [0.5, 0.6) is 0 Å². The molecule has 27 heavy (non-hydrogen) atoms. The zero-order valence-corrected chi connectivity index (χ0v) is 14.5. The van der Waals surface area contributed by atoms with E-state index in [9.17, 15) is 19.2 Å². The van der Waals surface area contributed by atoms with E-state index in [1.807, 2.05) is 0 Å². The molecule has 3 rings (SSSR count). The van der Waals surface area contributed by atoms with Gasteiger partial charge in [0.1, 0.15) is 0 Å². The number of carbonyl (C=O) groups is 4. The first-order valence-corrected chi connectivity index (χ1v) is 8.39. The largest absolute Gasteiger partial charge is 0.513 e. The summed E-state index contributed by atoms with van der Waals surface area (Å²) in [5.41, 5.74) is 1.19. The van der Waals surface area contributed by atoms with Crippen molar-refractivity contribution in [1.29, 1.82) is 0 Å². The van der Waals surface area contributed by atoms with Gasteiger partial charge >= 0.3 is 18.1 Å². The summed E-state index contributed by atoms with van der Waals surface area (Å²) < 4.78 is 10.9. The highest BCUT2D eigenvalue weighted by atomic mass is 16.7. The van der Waals surface area contributed by atoms with Crippen molar-refractivity contribution in [3.8, 4) is 0 Å². The first-order valence-electron chi connectivity index (χ1n) is 8.39. The maximum atomic E-state index is 13.0. The fraction of sp³-hybridized carbons (Fsp3) is 0.263. The van der Waals surface area contributed by atoms with Gasteiger partial charge in [0.2, 0.25) is 5.78 Å². The van der Waals surface area contributed by atoms with Gasteiger partial charge in [0.05, 0.1) is 23.8 Å². The third-order valence-corrected chi connectivity index (χ3v) is 4.38. The highest BCUT2D eigenvalue weighted by molar-refractivity contribution is 6.14. The minimum absolute atomic E-state index is 0.166. The summed E-state index contributed by atoms with van der Waals surface area (Å²) in [5, 5.41) is 8.61. The smallest absolute Gasteiger partial charge is 0.462 e. The summed E-state index contributed by atoms with van der Waals surface area (Å²) in [6, 6.07) is 9.51. The topological polar surface area (TPSA) is 112 Å². The van der Waals surface area contributed by atoms with Crippen LogP contribution in [0.15, 0.2) is 36.4 Å². The first kappa shape index (κ1) is 18.4. The number of fused-ring (bicyclic) bond motifs is 1. The SMILES string of the molecule is CCOC(=O)c1ccccc1C(=O)c1ccc2n1CCC2C(=O)OC(=O)O. The zero-order chi connectivity index (χ0) is 19.6. The van der Waals surface area contributed by atoms with Crippen molar-refractivity contribution in [3.05, 3.63) is 58.9 Å². The number of ketones is 1. The van der Waals surface area contributed by atoms with Crippen LogP contribution in [0.2, 0.25) is 0 Å². The van der Waals surface area contributed by atoms with E-state index in [-0.39, 0.29) is 23.5 Å². The van der Waals surface area contributed by atoms with Crippen LogP contribution in [0.25, 0.3) is 0 Å². The molecule has 1 unspecified atom stereocenters. The number of carbonyl (C=O) groups excluding carboxylic acids is 3. The Kier molecular flexibility index (Phi) is 5.07. The Morgan fingerprint density at radius 2 is 1.81 bits per heavy atom. The van der Waals surface area contributed by atoms with Gasteiger partial charge in [-0.3, -0.25) is 9.59 Å². The lowest BCUT2D eigenvalue weighted by Crippen LogP contribution is -2.17. The Morgan fingerprint density at radius 3 is 2.48 bits per heavy atom. The molecule has 0 saturated carbocycles. The summed E-state index contributed by atoms with van der Waals surface area (Å²) in [4.78, 5) is 47.6. The van der Waals surface area contributed by atoms with E-state index in [1.165, 1.54) is 6.07 Å². The second-order valence-electron chi connectivity index (χ2n) is 5.92. The molecule has 0 spiro atoms. The lowest BCUT2D eigenvalue weighted by atomic mass is 10.0. The third-order valence-electron chi connectivity index (χ3n) is 4.38. The van der Waals surface area contributed by atoms with E-state index in [0.29, 0.717) is 24.4 Å². The molecule has 1 aromatic carbocycles. The minimum atomic E-state index is -1.66.